The van der Waals surface area contributed by atoms with E-state index in [-0.39, 0.29) is 23.4 Å². The number of carbonyl (C=O) groups excluding carboxylic acids is 2. The number of hydrogen-bond donors (Lipinski definition) is 1. The average molecular weight is 587 g/mol. The molecule has 1 atom stereocenters. The van der Waals surface area contributed by atoms with Crippen LogP contribution in [0.15, 0.2) is 88.2 Å². The van der Waals surface area contributed by atoms with Gasteiger partial charge in [-0.1, -0.05) is 64.5 Å². The summed E-state index contributed by atoms with van der Waals surface area (Å²) in [5.74, 6) is -0.800. The van der Waals surface area contributed by atoms with Crippen LogP contribution >= 0.6 is 15.9 Å². The molecule has 196 valence electrons. The van der Waals surface area contributed by atoms with E-state index in [1.165, 1.54) is 17.0 Å². The molecular weight excluding hydrogens is 554 g/mol. The maximum atomic E-state index is 13.9. The van der Waals surface area contributed by atoms with Crippen molar-refractivity contribution >= 4 is 43.5 Å². The van der Waals surface area contributed by atoms with Gasteiger partial charge in [-0.3, -0.25) is 13.9 Å². The minimum absolute atomic E-state index is 0.0684. The maximum absolute atomic E-state index is 13.9. The number of nitrogens with one attached hydrogen (secondary N) is 1. The van der Waals surface area contributed by atoms with E-state index in [4.69, 9.17) is 0 Å². The van der Waals surface area contributed by atoms with Crippen molar-refractivity contribution < 1.29 is 18.0 Å². The highest BCUT2D eigenvalue weighted by Gasteiger charge is 2.32. The number of sulfonamides is 1. The second-order valence-corrected chi connectivity index (χ2v) is 11.9. The molecule has 0 saturated carbocycles. The molecule has 0 aliphatic heterocycles. The summed E-state index contributed by atoms with van der Waals surface area (Å²) >= 11 is 3.40. The lowest BCUT2D eigenvalue weighted by atomic mass is 10.1. The third-order valence-corrected chi connectivity index (χ3v) is 8.19. The first-order valence-corrected chi connectivity index (χ1v) is 14.2. The first kappa shape index (κ1) is 28.4. The zero-order valence-corrected chi connectivity index (χ0v) is 23.8. The topological polar surface area (TPSA) is 86.8 Å². The van der Waals surface area contributed by atoms with Crippen molar-refractivity contribution in [2.75, 3.05) is 10.8 Å². The van der Waals surface area contributed by atoms with E-state index in [0.29, 0.717) is 10.2 Å². The van der Waals surface area contributed by atoms with Crippen LogP contribution in [0.1, 0.15) is 31.9 Å². The van der Waals surface area contributed by atoms with Gasteiger partial charge in [-0.25, -0.2) is 8.42 Å². The second-order valence-electron chi connectivity index (χ2n) is 9.09. The molecule has 0 spiro atoms. The number of amides is 2. The highest BCUT2D eigenvalue weighted by atomic mass is 79.9. The predicted molar refractivity (Wildman–Crippen MR) is 150 cm³/mol. The van der Waals surface area contributed by atoms with Gasteiger partial charge in [-0.2, -0.15) is 0 Å². The van der Waals surface area contributed by atoms with Gasteiger partial charge >= 0.3 is 0 Å². The maximum Gasteiger partial charge on any atom is 0.264 e. The lowest BCUT2D eigenvalue weighted by molar-refractivity contribution is -0.139. The Bertz CT molecular complexity index is 1350. The zero-order valence-electron chi connectivity index (χ0n) is 21.4. The molecule has 3 aromatic carbocycles. The summed E-state index contributed by atoms with van der Waals surface area (Å²) in [6.07, 6.45) is 0. The van der Waals surface area contributed by atoms with Gasteiger partial charge in [0.05, 0.1) is 10.6 Å². The molecule has 0 aromatic heterocycles. The number of rotatable bonds is 10. The highest BCUT2D eigenvalue weighted by Crippen LogP contribution is 2.27. The van der Waals surface area contributed by atoms with Crippen molar-refractivity contribution in [1.82, 2.24) is 10.2 Å². The zero-order chi connectivity index (χ0) is 27.2. The van der Waals surface area contributed by atoms with Gasteiger partial charge in [-0.05, 0) is 69.2 Å². The molecular formula is C28H32BrN3O4S. The van der Waals surface area contributed by atoms with E-state index < -0.39 is 28.5 Å². The fourth-order valence-electron chi connectivity index (χ4n) is 3.84. The summed E-state index contributed by atoms with van der Waals surface area (Å²) in [7, 11) is -4.08. The number of carbonyl (C=O) groups is 2. The average Bonchev–Trinajstić information content (AvgIpc) is 2.86. The summed E-state index contributed by atoms with van der Waals surface area (Å²) in [5, 5.41) is 2.86. The molecule has 0 unspecified atom stereocenters. The van der Waals surface area contributed by atoms with Gasteiger partial charge in [0.2, 0.25) is 11.8 Å². The number of aryl methyl sites for hydroxylation is 1. The Morgan fingerprint density at radius 1 is 0.919 bits per heavy atom. The van der Waals surface area contributed by atoms with E-state index in [1.807, 2.05) is 45.0 Å². The van der Waals surface area contributed by atoms with Gasteiger partial charge in [-0.15, -0.1) is 0 Å². The first-order valence-electron chi connectivity index (χ1n) is 12.0. The van der Waals surface area contributed by atoms with E-state index >= 15 is 0 Å². The van der Waals surface area contributed by atoms with Crippen molar-refractivity contribution in [1.29, 1.82) is 0 Å². The lowest BCUT2D eigenvalue weighted by Gasteiger charge is -2.32. The lowest BCUT2D eigenvalue weighted by Crippen LogP contribution is -2.52. The van der Waals surface area contributed by atoms with Crippen LogP contribution in [0.2, 0.25) is 0 Å². The Morgan fingerprint density at radius 3 is 2.19 bits per heavy atom. The van der Waals surface area contributed by atoms with Crippen LogP contribution < -0.4 is 9.62 Å². The number of anilines is 1. The summed E-state index contributed by atoms with van der Waals surface area (Å²) in [5.41, 5.74) is 2.18. The van der Waals surface area contributed by atoms with Crippen LogP contribution in [0.3, 0.4) is 0 Å². The Morgan fingerprint density at radius 2 is 1.57 bits per heavy atom. The number of benzene rings is 3. The molecule has 0 aliphatic carbocycles. The van der Waals surface area contributed by atoms with Crippen molar-refractivity contribution in [3.63, 3.8) is 0 Å². The fourth-order valence-corrected chi connectivity index (χ4v) is 5.65. The van der Waals surface area contributed by atoms with Crippen LogP contribution in [-0.2, 0) is 26.2 Å². The monoisotopic (exact) mass is 585 g/mol. The van der Waals surface area contributed by atoms with Gasteiger partial charge in [0, 0.05) is 17.1 Å². The normalized spacial score (nSPS) is 12.2. The van der Waals surface area contributed by atoms with Gasteiger partial charge in [0.25, 0.3) is 10.0 Å². The van der Waals surface area contributed by atoms with Crippen molar-refractivity contribution in [3.05, 3.63) is 94.5 Å². The molecule has 3 aromatic rings. The Hall–Kier alpha value is -3.17. The molecule has 37 heavy (non-hydrogen) atoms. The summed E-state index contributed by atoms with van der Waals surface area (Å²) in [6, 6.07) is 21.4. The van der Waals surface area contributed by atoms with Gasteiger partial charge in [0.1, 0.15) is 12.6 Å². The smallest absolute Gasteiger partial charge is 0.264 e. The molecule has 7 nitrogen and oxygen atoms in total. The van der Waals surface area contributed by atoms with Crippen LogP contribution in [-0.4, -0.2) is 43.8 Å². The Balaban J connectivity index is 2.03. The molecule has 0 bridgehead atoms. The summed E-state index contributed by atoms with van der Waals surface area (Å²) < 4.78 is 29.2. The first-order chi connectivity index (χ1) is 17.5. The minimum atomic E-state index is -4.08. The number of hydrogen-bond acceptors (Lipinski definition) is 4. The second kappa shape index (κ2) is 12.4. The summed E-state index contributed by atoms with van der Waals surface area (Å²) in [6.45, 7) is 6.97. The SMILES string of the molecule is Cc1ccccc1CN(C(=O)CN(c1cccc(Br)c1)S(=O)(=O)c1ccccc1)[C@@H](C)C(=O)NC(C)C. The number of nitrogens with zero attached hydrogens (tertiary/aromatic N) is 2. The minimum Gasteiger partial charge on any atom is -0.352 e. The molecule has 1 N–H and O–H groups in total. The Labute approximate surface area is 227 Å². The van der Waals surface area contributed by atoms with Gasteiger partial charge < -0.3 is 10.2 Å². The molecule has 3 rings (SSSR count). The number of halogens is 1. The molecule has 0 heterocycles. The molecule has 0 fully saturated rings. The summed E-state index contributed by atoms with van der Waals surface area (Å²) in [4.78, 5) is 28.3. The predicted octanol–water partition coefficient (Wildman–Crippen LogP) is 4.89. The largest absolute Gasteiger partial charge is 0.352 e. The Kier molecular flexibility index (Phi) is 9.50. The molecule has 0 radical (unpaired) electrons. The molecule has 9 heteroatoms. The van der Waals surface area contributed by atoms with Crippen molar-refractivity contribution in [2.45, 2.75) is 51.2 Å². The van der Waals surface area contributed by atoms with E-state index in [9.17, 15) is 18.0 Å². The molecule has 0 saturated heterocycles. The fraction of sp³-hybridized carbons (Fsp3) is 0.286. The van der Waals surface area contributed by atoms with Crippen molar-refractivity contribution in [2.24, 2.45) is 0 Å². The standard InChI is InChI=1S/C28H32BrN3O4S/c1-20(2)30-28(34)22(4)31(18-23-12-9-8-11-21(23)3)27(33)19-32(25-14-10-13-24(29)17-25)37(35,36)26-15-6-5-7-16-26/h5-17,20,22H,18-19H2,1-4H3,(H,30,34)/t22-/m0/s1. The molecule has 0 aliphatic rings. The van der Waals surface area contributed by atoms with Gasteiger partial charge in [0.15, 0.2) is 0 Å². The van der Waals surface area contributed by atoms with E-state index in [2.05, 4.69) is 21.2 Å². The third-order valence-electron chi connectivity index (χ3n) is 5.91. The van der Waals surface area contributed by atoms with E-state index in [1.54, 1.807) is 49.4 Å². The highest BCUT2D eigenvalue weighted by molar-refractivity contribution is 9.10. The van der Waals surface area contributed by atoms with Crippen molar-refractivity contribution in [3.8, 4) is 0 Å². The van der Waals surface area contributed by atoms with Crippen LogP contribution in [0, 0.1) is 6.92 Å². The van der Waals surface area contributed by atoms with Crippen LogP contribution in [0.5, 0.6) is 0 Å². The van der Waals surface area contributed by atoms with Crippen LogP contribution in [0.4, 0.5) is 5.69 Å². The van der Waals surface area contributed by atoms with Crippen LogP contribution in [0.25, 0.3) is 0 Å². The molecule has 2 amide bonds. The van der Waals surface area contributed by atoms with E-state index in [0.717, 1.165) is 15.4 Å². The quantitative estimate of drug-likeness (QED) is 0.367. The third kappa shape index (κ3) is 7.20.